The third-order valence-corrected chi connectivity index (χ3v) is 7.78. The normalized spacial score (nSPS) is 25.7. The van der Waals surface area contributed by atoms with Crippen LogP contribution in [-0.4, -0.2) is 87.9 Å². The fourth-order valence-electron chi connectivity index (χ4n) is 6.14. The van der Waals surface area contributed by atoms with Gasteiger partial charge in [0.05, 0.1) is 30.2 Å². The lowest BCUT2D eigenvalue weighted by molar-refractivity contribution is -0.127. The summed E-state index contributed by atoms with van der Waals surface area (Å²) in [5.74, 6) is -6.79. The maximum atomic E-state index is 13.7. The maximum absolute atomic E-state index is 13.7. The topological polar surface area (TPSA) is 190 Å². The number of allylic oxidation sites excluding steroid dienone is 2. The zero-order valence-electron chi connectivity index (χ0n) is 21.5. The van der Waals surface area contributed by atoms with E-state index >= 15 is 0 Å². The number of fused-ring (bicyclic) bond motifs is 3. The molecular formula is C27H33N3O8. The number of primary amides is 1. The van der Waals surface area contributed by atoms with Crippen LogP contribution in [0.4, 0.5) is 0 Å². The number of aromatic hydroxyl groups is 1. The van der Waals surface area contributed by atoms with E-state index in [0.717, 1.165) is 0 Å². The molecule has 0 spiro atoms. The number of phenolic OH excluding ortho intramolecular Hbond substituents is 1. The Morgan fingerprint density at radius 1 is 1.16 bits per heavy atom. The number of Topliss-reactive ketones (excluding diaryl/α,β-unsaturated/α-hetero) is 3. The monoisotopic (exact) mass is 527 g/mol. The third-order valence-electron chi connectivity index (χ3n) is 7.78. The van der Waals surface area contributed by atoms with E-state index < -0.39 is 64.5 Å². The number of carbonyl (C=O) groups excluding carboxylic acids is 4. The summed E-state index contributed by atoms with van der Waals surface area (Å²) in [6.07, 6.45) is 0.294. The third kappa shape index (κ3) is 4.50. The molecule has 1 aromatic carbocycles. The van der Waals surface area contributed by atoms with Gasteiger partial charge in [0.25, 0.3) is 5.91 Å². The van der Waals surface area contributed by atoms with Crippen molar-refractivity contribution in [2.45, 2.75) is 38.3 Å². The average Bonchev–Trinajstić information content (AvgIpc) is 2.80. The summed E-state index contributed by atoms with van der Waals surface area (Å²) >= 11 is 0. The van der Waals surface area contributed by atoms with Crippen LogP contribution in [0.2, 0.25) is 0 Å². The average molecular weight is 528 g/mol. The van der Waals surface area contributed by atoms with E-state index in [1.54, 1.807) is 25.9 Å². The van der Waals surface area contributed by atoms with Crippen molar-refractivity contribution in [2.75, 3.05) is 27.2 Å². The van der Waals surface area contributed by atoms with E-state index in [4.69, 9.17) is 5.73 Å². The number of likely N-dealkylation sites (N-methyl/N-ethyl adjacent to an activating group) is 1. The van der Waals surface area contributed by atoms with Gasteiger partial charge in [-0.3, -0.25) is 24.1 Å². The zero-order valence-corrected chi connectivity index (χ0v) is 21.5. The minimum absolute atomic E-state index is 0.0345. The van der Waals surface area contributed by atoms with Crippen LogP contribution in [-0.2, 0) is 16.0 Å². The van der Waals surface area contributed by atoms with Gasteiger partial charge in [-0.15, -0.1) is 0 Å². The Morgan fingerprint density at radius 2 is 1.84 bits per heavy atom. The van der Waals surface area contributed by atoms with E-state index in [0.29, 0.717) is 18.5 Å². The molecule has 4 unspecified atom stereocenters. The number of aliphatic hydroxyl groups is 3. The Balaban J connectivity index is 1.76. The van der Waals surface area contributed by atoms with Gasteiger partial charge < -0.3 is 31.5 Å². The van der Waals surface area contributed by atoms with E-state index in [9.17, 15) is 39.6 Å². The number of hydrogen-bond acceptors (Lipinski definition) is 10. The number of hydrogen-bond donors (Lipinski definition) is 6. The predicted molar refractivity (Wildman–Crippen MR) is 136 cm³/mol. The zero-order chi connectivity index (χ0) is 28.0. The number of aliphatic hydroxyl groups excluding tert-OH is 3. The molecule has 3 aliphatic carbocycles. The summed E-state index contributed by atoms with van der Waals surface area (Å²) < 4.78 is 0. The molecule has 5 atom stereocenters. The molecule has 0 radical (unpaired) electrons. The Morgan fingerprint density at radius 3 is 2.45 bits per heavy atom. The highest BCUT2D eigenvalue weighted by atomic mass is 16.3. The molecule has 0 saturated heterocycles. The summed E-state index contributed by atoms with van der Waals surface area (Å²) in [4.78, 5) is 53.6. The molecule has 0 fully saturated rings. The number of rotatable bonds is 8. The molecule has 0 aromatic heterocycles. The van der Waals surface area contributed by atoms with Crippen molar-refractivity contribution in [2.24, 2.45) is 23.5 Å². The molecule has 4 rings (SSSR count). The fourth-order valence-corrected chi connectivity index (χ4v) is 6.14. The van der Waals surface area contributed by atoms with Gasteiger partial charge >= 0.3 is 0 Å². The van der Waals surface area contributed by atoms with E-state index in [-0.39, 0.29) is 47.6 Å². The van der Waals surface area contributed by atoms with Crippen molar-refractivity contribution >= 4 is 23.3 Å². The van der Waals surface area contributed by atoms with Crippen LogP contribution < -0.4 is 11.1 Å². The van der Waals surface area contributed by atoms with Crippen LogP contribution in [0.3, 0.4) is 0 Å². The molecule has 11 heteroatoms. The Bertz CT molecular complexity index is 1280. The van der Waals surface area contributed by atoms with Gasteiger partial charge in [-0.05, 0) is 76.4 Å². The summed E-state index contributed by atoms with van der Waals surface area (Å²) in [6, 6.07) is 1.90. The second-order valence-electron chi connectivity index (χ2n) is 10.5. The molecule has 7 N–H and O–H groups in total. The summed E-state index contributed by atoms with van der Waals surface area (Å²) in [5.41, 5.74) is 5.27. The van der Waals surface area contributed by atoms with Crippen molar-refractivity contribution in [3.8, 4) is 5.75 Å². The number of carbonyl (C=O) groups is 4. The van der Waals surface area contributed by atoms with Crippen molar-refractivity contribution < 1.29 is 39.6 Å². The first-order valence-corrected chi connectivity index (χ1v) is 12.5. The van der Waals surface area contributed by atoms with Crippen LogP contribution in [0.15, 0.2) is 34.8 Å². The SMILES string of the molecule is CC(O)CCNCC(=O)c1ccc(O)c2c1CC1CC3C(C(=O)C(C(N)=O)=C(O)[C@H]3N(C)C)C(O)=C1C2=O. The van der Waals surface area contributed by atoms with E-state index in [1.807, 2.05) is 0 Å². The van der Waals surface area contributed by atoms with Gasteiger partial charge in [-0.1, -0.05) is 0 Å². The first kappa shape index (κ1) is 27.5. The number of phenols is 1. The molecule has 1 amide bonds. The first-order valence-electron chi connectivity index (χ1n) is 12.5. The van der Waals surface area contributed by atoms with Gasteiger partial charge in [0.2, 0.25) is 0 Å². The number of ketones is 3. The van der Waals surface area contributed by atoms with E-state index in [2.05, 4.69) is 5.32 Å². The number of benzene rings is 1. The van der Waals surface area contributed by atoms with Crippen LogP contribution in [0.25, 0.3) is 0 Å². The van der Waals surface area contributed by atoms with Crippen molar-refractivity contribution in [1.29, 1.82) is 0 Å². The fraction of sp³-hybridized carbons (Fsp3) is 0.481. The molecule has 0 saturated carbocycles. The molecule has 0 bridgehead atoms. The predicted octanol–water partition coefficient (Wildman–Crippen LogP) is 0.549. The standard InChI is InChI=1S/C27H33N3O8/c1-11(31)6-7-29-10-17(33)13-4-5-16(32)19-14(13)8-12-9-15-20(24(35)18(12)23(19)34)25(36)21(27(28)38)26(37)22(15)30(2)3/h4-5,11-12,15,20,22,29,31-32,35,37H,6-10H2,1-3H3,(H2,28,38)/t11?,12?,15?,20?,22-/m0/s1. The minimum Gasteiger partial charge on any atom is -0.511 e. The smallest absolute Gasteiger partial charge is 0.255 e. The van der Waals surface area contributed by atoms with Crippen molar-refractivity contribution in [3.63, 3.8) is 0 Å². The van der Waals surface area contributed by atoms with Gasteiger partial charge in [-0.25, -0.2) is 0 Å². The molecule has 0 heterocycles. The molecule has 38 heavy (non-hydrogen) atoms. The largest absolute Gasteiger partial charge is 0.511 e. The Hall–Kier alpha value is -3.54. The summed E-state index contributed by atoms with van der Waals surface area (Å²) in [6.45, 7) is 2.03. The minimum atomic E-state index is -1.26. The van der Waals surface area contributed by atoms with Gasteiger partial charge in [0, 0.05) is 11.1 Å². The first-order chi connectivity index (χ1) is 17.9. The number of amides is 1. The quantitative estimate of drug-likeness (QED) is 0.158. The number of nitrogens with zero attached hydrogens (tertiary/aromatic N) is 1. The van der Waals surface area contributed by atoms with Crippen LogP contribution >= 0.6 is 0 Å². The molecule has 3 aliphatic rings. The highest BCUT2D eigenvalue weighted by molar-refractivity contribution is 6.22. The molecule has 11 nitrogen and oxygen atoms in total. The summed E-state index contributed by atoms with van der Waals surface area (Å²) in [5, 5.41) is 45.1. The van der Waals surface area contributed by atoms with Crippen LogP contribution in [0.5, 0.6) is 5.75 Å². The summed E-state index contributed by atoms with van der Waals surface area (Å²) in [7, 11) is 3.31. The highest BCUT2D eigenvalue weighted by Crippen LogP contribution is 2.50. The van der Waals surface area contributed by atoms with Crippen LogP contribution in [0.1, 0.15) is 46.0 Å². The lowest BCUT2D eigenvalue weighted by Gasteiger charge is -2.46. The highest BCUT2D eigenvalue weighted by Gasteiger charge is 2.54. The van der Waals surface area contributed by atoms with Gasteiger partial charge in [0.1, 0.15) is 22.8 Å². The van der Waals surface area contributed by atoms with Crippen molar-refractivity contribution in [3.05, 3.63) is 51.5 Å². The Kier molecular flexibility index (Phi) is 7.46. The molecule has 1 aromatic rings. The lowest BCUT2D eigenvalue weighted by Crippen LogP contribution is -2.53. The van der Waals surface area contributed by atoms with E-state index in [1.165, 1.54) is 12.1 Å². The molecular weight excluding hydrogens is 494 g/mol. The molecule has 204 valence electrons. The van der Waals surface area contributed by atoms with Crippen molar-refractivity contribution in [1.82, 2.24) is 10.2 Å². The maximum Gasteiger partial charge on any atom is 0.255 e. The number of nitrogens with one attached hydrogen (secondary N) is 1. The molecule has 0 aliphatic heterocycles. The second-order valence-corrected chi connectivity index (χ2v) is 10.5. The number of nitrogens with two attached hydrogens (primary N) is 1. The lowest BCUT2D eigenvalue weighted by atomic mass is 9.60. The second kappa shape index (κ2) is 10.3. The van der Waals surface area contributed by atoms with Gasteiger partial charge in [-0.2, -0.15) is 0 Å². The van der Waals surface area contributed by atoms with Crippen LogP contribution in [0, 0.1) is 17.8 Å². The Labute approximate surface area is 219 Å². The van der Waals surface area contributed by atoms with Gasteiger partial charge in [0.15, 0.2) is 17.3 Å².